The number of aryl methyl sites for hydroxylation is 1. The van der Waals surface area contributed by atoms with E-state index in [4.69, 9.17) is 5.11 Å². The molecule has 20 heavy (non-hydrogen) atoms. The third-order valence-electron chi connectivity index (χ3n) is 2.97. The van der Waals surface area contributed by atoms with Crippen LogP contribution in [0.3, 0.4) is 0 Å². The standard InChI is InChI=1S/C17H17NO2/c1-14-9-10-18(17(20)12-14)13-16-8-3-2-6-15(16)7-4-5-11-19/h2-3,6,8-10,12,19H,5,11,13H2,1H3. The number of nitrogens with zero attached hydrogens (tertiary/aromatic N) is 1. The summed E-state index contributed by atoms with van der Waals surface area (Å²) in [5, 5.41) is 8.76. The number of aliphatic hydroxyl groups is 1. The molecule has 0 spiro atoms. The third kappa shape index (κ3) is 3.59. The summed E-state index contributed by atoms with van der Waals surface area (Å²) in [4.78, 5) is 11.9. The van der Waals surface area contributed by atoms with Crippen LogP contribution in [0.25, 0.3) is 0 Å². The Morgan fingerprint density at radius 1 is 1.25 bits per heavy atom. The summed E-state index contributed by atoms with van der Waals surface area (Å²) in [5.74, 6) is 5.95. The predicted molar refractivity (Wildman–Crippen MR) is 79.6 cm³/mol. The van der Waals surface area contributed by atoms with Crippen LogP contribution in [0.5, 0.6) is 0 Å². The first-order chi connectivity index (χ1) is 9.70. The first-order valence-corrected chi connectivity index (χ1v) is 6.55. The molecule has 0 unspecified atom stereocenters. The van der Waals surface area contributed by atoms with Crippen molar-refractivity contribution in [2.24, 2.45) is 0 Å². The highest BCUT2D eigenvalue weighted by Gasteiger charge is 2.02. The molecule has 0 fully saturated rings. The Hall–Kier alpha value is -2.31. The van der Waals surface area contributed by atoms with Crippen molar-refractivity contribution in [3.63, 3.8) is 0 Å². The van der Waals surface area contributed by atoms with Crippen LogP contribution in [-0.2, 0) is 6.54 Å². The Labute approximate surface area is 118 Å². The van der Waals surface area contributed by atoms with E-state index in [0.717, 1.165) is 16.7 Å². The molecular formula is C17H17NO2. The number of rotatable bonds is 3. The van der Waals surface area contributed by atoms with Crippen molar-refractivity contribution in [1.29, 1.82) is 0 Å². The molecule has 0 saturated heterocycles. The summed E-state index contributed by atoms with van der Waals surface area (Å²) in [5.41, 5.74) is 2.85. The average molecular weight is 267 g/mol. The summed E-state index contributed by atoms with van der Waals surface area (Å²) in [7, 11) is 0. The Balaban J connectivity index is 2.30. The van der Waals surface area contributed by atoms with Gasteiger partial charge >= 0.3 is 0 Å². The zero-order chi connectivity index (χ0) is 14.4. The normalized spacial score (nSPS) is 9.90. The molecule has 0 bridgehead atoms. The fraction of sp³-hybridized carbons (Fsp3) is 0.235. The first-order valence-electron chi connectivity index (χ1n) is 6.55. The van der Waals surface area contributed by atoms with Crippen molar-refractivity contribution in [3.05, 3.63) is 69.6 Å². The Morgan fingerprint density at radius 3 is 2.80 bits per heavy atom. The van der Waals surface area contributed by atoms with Gasteiger partial charge in [0, 0.05) is 24.2 Å². The first kappa shape index (κ1) is 14.1. The quantitative estimate of drug-likeness (QED) is 0.864. The van der Waals surface area contributed by atoms with Crippen molar-refractivity contribution >= 4 is 0 Å². The van der Waals surface area contributed by atoms with Crippen molar-refractivity contribution in [3.8, 4) is 11.8 Å². The van der Waals surface area contributed by atoms with Crippen LogP contribution < -0.4 is 5.56 Å². The third-order valence-corrected chi connectivity index (χ3v) is 2.97. The average Bonchev–Trinajstić information content (AvgIpc) is 2.44. The van der Waals surface area contributed by atoms with E-state index in [1.165, 1.54) is 0 Å². The SMILES string of the molecule is Cc1ccn(Cc2ccccc2C#CCCO)c(=O)c1. The molecule has 102 valence electrons. The number of pyridine rings is 1. The van der Waals surface area contributed by atoms with Crippen molar-refractivity contribution < 1.29 is 5.11 Å². The van der Waals surface area contributed by atoms with Crippen molar-refractivity contribution in [2.45, 2.75) is 19.9 Å². The Morgan fingerprint density at radius 2 is 2.05 bits per heavy atom. The summed E-state index contributed by atoms with van der Waals surface area (Å²) >= 11 is 0. The zero-order valence-corrected chi connectivity index (χ0v) is 11.5. The van der Waals surface area contributed by atoms with Gasteiger partial charge in [0.2, 0.25) is 0 Å². The van der Waals surface area contributed by atoms with Crippen LogP contribution in [0.1, 0.15) is 23.1 Å². The zero-order valence-electron chi connectivity index (χ0n) is 11.5. The van der Waals surface area contributed by atoms with Gasteiger partial charge in [-0.3, -0.25) is 4.79 Å². The topological polar surface area (TPSA) is 42.2 Å². The molecule has 0 amide bonds. The minimum atomic E-state index is -0.0110. The second kappa shape index (κ2) is 6.74. The van der Waals surface area contributed by atoms with Crippen LogP contribution in [0.15, 0.2) is 47.4 Å². The van der Waals surface area contributed by atoms with E-state index in [1.807, 2.05) is 37.3 Å². The van der Waals surface area contributed by atoms with Gasteiger partial charge in [-0.25, -0.2) is 0 Å². The number of hydrogen-bond donors (Lipinski definition) is 1. The summed E-state index contributed by atoms with van der Waals surface area (Å²) in [6.07, 6.45) is 2.26. The van der Waals surface area contributed by atoms with Crippen LogP contribution in [0.4, 0.5) is 0 Å². The Kier molecular flexibility index (Phi) is 4.75. The molecule has 0 aliphatic heterocycles. The molecule has 0 aliphatic rings. The number of benzene rings is 1. The summed E-state index contributed by atoms with van der Waals surface area (Å²) in [6, 6.07) is 11.3. The van der Waals surface area contributed by atoms with Gasteiger partial charge in [-0.1, -0.05) is 30.0 Å². The lowest BCUT2D eigenvalue weighted by molar-refractivity contribution is 0.305. The minimum absolute atomic E-state index is 0.0110. The molecule has 2 aromatic rings. The minimum Gasteiger partial charge on any atom is -0.395 e. The molecule has 0 saturated carbocycles. The maximum atomic E-state index is 11.9. The van der Waals surface area contributed by atoms with Crippen LogP contribution >= 0.6 is 0 Å². The van der Waals surface area contributed by atoms with E-state index in [0.29, 0.717) is 13.0 Å². The second-order valence-electron chi connectivity index (χ2n) is 4.60. The molecule has 0 radical (unpaired) electrons. The smallest absolute Gasteiger partial charge is 0.251 e. The van der Waals surface area contributed by atoms with Gasteiger partial charge in [0.15, 0.2) is 0 Å². The van der Waals surface area contributed by atoms with Crippen LogP contribution in [-0.4, -0.2) is 16.3 Å². The monoisotopic (exact) mass is 267 g/mol. The molecule has 0 aliphatic carbocycles. The largest absolute Gasteiger partial charge is 0.395 e. The number of aliphatic hydroxyl groups excluding tert-OH is 1. The van der Waals surface area contributed by atoms with Gasteiger partial charge in [0.25, 0.3) is 5.56 Å². The molecule has 3 nitrogen and oxygen atoms in total. The summed E-state index contributed by atoms with van der Waals surface area (Å²) in [6.45, 7) is 2.47. The number of hydrogen-bond acceptors (Lipinski definition) is 2. The molecule has 1 heterocycles. The molecule has 1 aromatic heterocycles. The van der Waals surface area contributed by atoms with Gasteiger partial charge < -0.3 is 9.67 Å². The Bertz CT molecular complexity index is 705. The highest BCUT2D eigenvalue weighted by atomic mass is 16.2. The fourth-order valence-corrected chi connectivity index (χ4v) is 1.91. The van der Waals surface area contributed by atoms with Gasteiger partial charge in [-0.15, -0.1) is 0 Å². The van der Waals surface area contributed by atoms with E-state index in [-0.39, 0.29) is 12.2 Å². The van der Waals surface area contributed by atoms with Gasteiger partial charge in [-0.05, 0) is 30.2 Å². The van der Waals surface area contributed by atoms with E-state index < -0.39 is 0 Å². The lowest BCUT2D eigenvalue weighted by Gasteiger charge is -2.08. The fourth-order valence-electron chi connectivity index (χ4n) is 1.91. The molecule has 1 aromatic carbocycles. The molecule has 2 rings (SSSR count). The lowest BCUT2D eigenvalue weighted by atomic mass is 10.1. The molecule has 1 N–H and O–H groups in total. The van der Waals surface area contributed by atoms with Crippen LogP contribution in [0, 0.1) is 18.8 Å². The maximum absolute atomic E-state index is 11.9. The summed E-state index contributed by atoms with van der Waals surface area (Å²) < 4.78 is 1.67. The molecule has 0 atom stereocenters. The second-order valence-corrected chi connectivity index (χ2v) is 4.60. The highest BCUT2D eigenvalue weighted by molar-refractivity contribution is 5.41. The van der Waals surface area contributed by atoms with E-state index in [2.05, 4.69) is 11.8 Å². The highest BCUT2D eigenvalue weighted by Crippen LogP contribution is 2.09. The van der Waals surface area contributed by atoms with Crippen LogP contribution in [0.2, 0.25) is 0 Å². The van der Waals surface area contributed by atoms with Gasteiger partial charge in [-0.2, -0.15) is 0 Å². The van der Waals surface area contributed by atoms with Gasteiger partial charge in [0.05, 0.1) is 13.2 Å². The van der Waals surface area contributed by atoms with Crippen molar-refractivity contribution in [2.75, 3.05) is 6.61 Å². The number of aromatic nitrogens is 1. The van der Waals surface area contributed by atoms with E-state index in [1.54, 1.807) is 16.8 Å². The van der Waals surface area contributed by atoms with E-state index in [9.17, 15) is 4.79 Å². The lowest BCUT2D eigenvalue weighted by Crippen LogP contribution is -2.19. The predicted octanol–water partition coefficient (Wildman–Crippen LogP) is 1.94. The molecular weight excluding hydrogens is 250 g/mol. The van der Waals surface area contributed by atoms with Crippen molar-refractivity contribution in [1.82, 2.24) is 4.57 Å². The maximum Gasteiger partial charge on any atom is 0.251 e. The molecule has 3 heteroatoms. The van der Waals surface area contributed by atoms with E-state index >= 15 is 0 Å². The van der Waals surface area contributed by atoms with Gasteiger partial charge in [0.1, 0.15) is 0 Å².